The summed E-state index contributed by atoms with van der Waals surface area (Å²) in [6, 6.07) is 10.2. The van der Waals surface area contributed by atoms with Crippen LogP contribution in [0, 0.1) is 12.7 Å². The largest absolute Gasteiger partial charge is 0.493 e. The van der Waals surface area contributed by atoms with E-state index >= 15 is 0 Å². The molecule has 0 spiro atoms. The number of aryl methyl sites for hydroxylation is 1. The highest BCUT2D eigenvalue weighted by Gasteiger charge is 2.13. The Hall–Kier alpha value is -2.82. The first kappa shape index (κ1) is 22.5. The van der Waals surface area contributed by atoms with Crippen molar-refractivity contribution in [3.05, 3.63) is 54.0 Å². The normalized spacial score (nSPS) is 10.3. The number of aromatic nitrogens is 1. The van der Waals surface area contributed by atoms with Crippen molar-refractivity contribution < 1.29 is 18.6 Å². The molecule has 0 aliphatic carbocycles. The van der Waals surface area contributed by atoms with Gasteiger partial charge in [0, 0.05) is 17.6 Å². The summed E-state index contributed by atoms with van der Waals surface area (Å²) in [5.74, 6) is 1.51. The minimum Gasteiger partial charge on any atom is -0.493 e. The summed E-state index contributed by atoms with van der Waals surface area (Å²) in [6.07, 6.45) is 4.89. The summed E-state index contributed by atoms with van der Waals surface area (Å²) in [6.45, 7) is 8.80. The Morgan fingerprint density at radius 1 is 0.931 bits per heavy atom. The van der Waals surface area contributed by atoms with Gasteiger partial charge in [-0.25, -0.2) is 4.39 Å². The summed E-state index contributed by atoms with van der Waals surface area (Å²) >= 11 is 0. The molecule has 5 heteroatoms. The van der Waals surface area contributed by atoms with Gasteiger partial charge in [0.1, 0.15) is 5.75 Å². The maximum Gasteiger partial charge on any atom is 0.165 e. The maximum atomic E-state index is 14.1. The molecule has 0 aliphatic heterocycles. The molecule has 0 saturated carbocycles. The monoisotopic (exact) mass is 399 g/mol. The van der Waals surface area contributed by atoms with Crippen molar-refractivity contribution in [2.75, 3.05) is 13.7 Å². The lowest BCUT2D eigenvalue weighted by Crippen LogP contribution is -1.99. The number of ether oxygens (including phenoxy) is 3. The van der Waals surface area contributed by atoms with Crippen molar-refractivity contribution in [2.24, 2.45) is 0 Å². The van der Waals surface area contributed by atoms with E-state index in [1.54, 1.807) is 25.4 Å². The molecular weight excluding hydrogens is 369 g/mol. The number of rotatable bonds is 7. The van der Waals surface area contributed by atoms with Crippen LogP contribution in [0.15, 0.2) is 42.6 Å². The molecule has 0 radical (unpaired) electrons. The number of fused-ring (bicyclic) bond motifs is 1. The topological polar surface area (TPSA) is 40.6 Å². The molecule has 0 N–H and O–H groups in total. The van der Waals surface area contributed by atoms with Crippen molar-refractivity contribution >= 4 is 10.9 Å². The van der Waals surface area contributed by atoms with Gasteiger partial charge in [0.2, 0.25) is 0 Å². The molecule has 3 rings (SSSR count). The van der Waals surface area contributed by atoms with Gasteiger partial charge in [-0.1, -0.05) is 39.7 Å². The lowest BCUT2D eigenvalue weighted by molar-refractivity contribution is 0.289. The van der Waals surface area contributed by atoms with Crippen LogP contribution in [-0.4, -0.2) is 18.7 Å². The van der Waals surface area contributed by atoms with E-state index in [1.165, 1.54) is 12.5 Å². The van der Waals surface area contributed by atoms with Gasteiger partial charge in [0.15, 0.2) is 23.1 Å². The van der Waals surface area contributed by atoms with Gasteiger partial charge in [0.25, 0.3) is 0 Å². The summed E-state index contributed by atoms with van der Waals surface area (Å²) in [5, 5.41) is 0.729. The number of unbranched alkanes of at least 4 members (excludes halogenated alkanes) is 1. The summed E-state index contributed by atoms with van der Waals surface area (Å²) in [7, 11) is 1.59. The molecule has 0 amide bonds. The number of benzene rings is 2. The molecule has 156 valence electrons. The Labute approximate surface area is 172 Å². The summed E-state index contributed by atoms with van der Waals surface area (Å²) in [5.41, 5.74) is 1.53. The molecule has 0 atom stereocenters. The number of hydrogen-bond donors (Lipinski definition) is 0. The van der Waals surface area contributed by atoms with E-state index in [0.29, 0.717) is 29.4 Å². The van der Waals surface area contributed by atoms with E-state index in [1.807, 2.05) is 25.1 Å². The Morgan fingerprint density at radius 2 is 1.69 bits per heavy atom. The lowest BCUT2D eigenvalue weighted by Gasteiger charge is -2.14. The average molecular weight is 400 g/mol. The zero-order valence-corrected chi connectivity index (χ0v) is 17.9. The van der Waals surface area contributed by atoms with Crippen LogP contribution in [0.3, 0.4) is 0 Å². The molecule has 29 heavy (non-hydrogen) atoms. The predicted octanol–water partition coefficient (Wildman–Crippen LogP) is 7.08. The number of halogens is 1. The molecule has 1 heterocycles. The van der Waals surface area contributed by atoms with E-state index in [9.17, 15) is 4.39 Å². The van der Waals surface area contributed by atoms with Crippen molar-refractivity contribution in [3.8, 4) is 23.0 Å². The zero-order chi connectivity index (χ0) is 21.2. The number of hydrogen-bond acceptors (Lipinski definition) is 4. The second-order valence-corrected chi connectivity index (χ2v) is 6.77. The quantitative estimate of drug-likeness (QED) is 0.398. The molecule has 0 fully saturated rings. The molecule has 3 aromatic rings. The zero-order valence-electron chi connectivity index (χ0n) is 17.9. The SMILES string of the molecule is CCC.CCCCOc1cc2nccc(Oc3ccc(C)cc3F)c2cc1OC. The number of pyridine rings is 1. The van der Waals surface area contributed by atoms with Crippen molar-refractivity contribution in [1.29, 1.82) is 0 Å². The highest BCUT2D eigenvalue weighted by atomic mass is 19.1. The van der Waals surface area contributed by atoms with Crippen LogP contribution in [0.25, 0.3) is 10.9 Å². The first-order chi connectivity index (χ1) is 14.0. The third-order valence-electron chi connectivity index (χ3n) is 4.05. The van der Waals surface area contributed by atoms with Gasteiger partial charge in [-0.05, 0) is 43.2 Å². The Balaban J connectivity index is 0.000000941. The fraction of sp³-hybridized carbons (Fsp3) is 0.375. The van der Waals surface area contributed by atoms with E-state index in [0.717, 1.165) is 23.8 Å². The summed E-state index contributed by atoms with van der Waals surface area (Å²) < 4.78 is 31.2. The van der Waals surface area contributed by atoms with Crippen molar-refractivity contribution in [2.45, 2.75) is 47.0 Å². The molecule has 0 bridgehead atoms. The Morgan fingerprint density at radius 3 is 2.34 bits per heavy atom. The van der Waals surface area contributed by atoms with Crippen LogP contribution in [0.5, 0.6) is 23.0 Å². The van der Waals surface area contributed by atoms with Crippen LogP contribution in [0.1, 0.15) is 45.6 Å². The van der Waals surface area contributed by atoms with E-state index in [2.05, 4.69) is 25.8 Å². The molecule has 0 saturated heterocycles. The number of methoxy groups -OCH3 is 1. The van der Waals surface area contributed by atoms with Crippen LogP contribution in [0.2, 0.25) is 0 Å². The van der Waals surface area contributed by atoms with Gasteiger partial charge in [0.05, 0.1) is 19.2 Å². The Bertz CT molecular complexity index is 927. The van der Waals surface area contributed by atoms with Gasteiger partial charge < -0.3 is 14.2 Å². The second-order valence-electron chi connectivity index (χ2n) is 6.77. The maximum absolute atomic E-state index is 14.1. The highest BCUT2D eigenvalue weighted by Crippen LogP contribution is 2.37. The number of nitrogens with zero attached hydrogens (tertiary/aromatic N) is 1. The van der Waals surface area contributed by atoms with Gasteiger partial charge in [-0.3, -0.25) is 4.98 Å². The van der Waals surface area contributed by atoms with E-state index < -0.39 is 5.82 Å². The predicted molar refractivity (Wildman–Crippen MR) is 116 cm³/mol. The molecule has 2 aromatic carbocycles. The third kappa shape index (κ3) is 6.08. The van der Waals surface area contributed by atoms with Gasteiger partial charge >= 0.3 is 0 Å². The van der Waals surface area contributed by atoms with Crippen LogP contribution < -0.4 is 14.2 Å². The van der Waals surface area contributed by atoms with Crippen LogP contribution in [-0.2, 0) is 0 Å². The first-order valence-corrected chi connectivity index (χ1v) is 10.1. The second kappa shape index (κ2) is 11.2. The van der Waals surface area contributed by atoms with Crippen molar-refractivity contribution in [1.82, 2.24) is 4.98 Å². The van der Waals surface area contributed by atoms with Crippen LogP contribution >= 0.6 is 0 Å². The summed E-state index contributed by atoms with van der Waals surface area (Å²) in [4.78, 5) is 4.38. The fourth-order valence-corrected chi connectivity index (χ4v) is 2.62. The van der Waals surface area contributed by atoms with Gasteiger partial charge in [-0.15, -0.1) is 0 Å². The molecule has 4 nitrogen and oxygen atoms in total. The molecule has 1 aromatic heterocycles. The highest BCUT2D eigenvalue weighted by molar-refractivity contribution is 5.88. The smallest absolute Gasteiger partial charge is 0.165 e. The minimum absolute atomic E-state index is 0.172. The standard InChI is InChI=1S/C21H22FNO3.C3H8/c1-4-5-10-25-21-13-17-15(12-20(21)24-3)18(8-9-23-17)26-19-7-6-14(2)11-16(19)22;1-3-2/h6-9,11-13H,4-5,10H2,1-3H3;3H2,1-2H3. The lowest BCUT2D eigenvalue weighted by atomic mass is 10.1. The molecular formula is C24H30FNO3. The fourth-order valence-electron chi connectivity index (χ4n) is 2.62. The van der Waals surface area contributed by atoms with E-state index in [4.69, 9.17) is 14.2 Å². The molecule has 0 aliphatic rings. The van der Waals surface area contributed by atoms with Crippen LogP contribution in [0.4, 0.5) is 4.39 Å². The van der Waals surface area contributed by atoms with Gasteiger partial charge in [-0.2, -0.15) is 0 Å². The Kier molecular flexibility index (Phi) is 8.71. The molecule has 0 unspecified atom stereocenters. The van der Waals surface area contributed by atoms with E-state index in [-0.39, 0.29) is 5.75 Å². The first-order valence-electron chi connectivity index (χ1n) is 10.1. The third-order valence-corrected chi connectivity index (χ3v) is 4.05. The van der Waals surface area contributed by atoms with Crippen molar-refractivity contribution in [3.63, 3.8) is 0 Å². The average Bonchev–Trinajstić information content (AvgIpc) is 2.70. The minimum atomic E-state index is -0.401.